The Morgan fingerprint density at radius 1 is 1.21 bits per heavy atom. The zero-order chi connectivity index (χ0) is 24.5. The molecule has 4 aromatic rings. The van der Waals surface area contributed by atoms with Gasteiger partial charge in [-0.05, 0) is 42.4 Å². The SMILES string of the molecule is CN(CC(N)=O)Cc1cccc(Cn2nc(NS(=O)(=O)c3ccc(Cl)s3)c3c(O)cccc32)c1. The number of aromatic nitrogens is 2. The van der Waals surface area contributed by atoms with Gasteiger partial charge in [0.15, 0.2) is 5.82 Å². The van der Waals surface area contributed by atoms with Crippen molar-refractivity contribution in [2.45, 2.75) is 17.3 Å². The maximum Gasteiger partial charge on any atom is 0.272 e. The number of carbonyl (C=O) groups excluding carboxylic acids is 1. The summed E-state index contributed by atoms with van der Waals surface area (Å²) in [6.07, 6.45) is 0. The van der Waals surface area contributed by atoms with E-state index in [1.165, 1.54) is 18.2 Å². The minimum absolute atomic E-state index is 0.0231. The van der Waals surface area contributed by atoms with Crippen molar-refractivity contribution >= 4 is 55.6 Å². The number of nitrogens with two attached hydrogens (primary N) is 1. The molecule has 0 spiro atoms. The quantitative estimate of drug-likeness (QED) is 0.311. The predicted octanol–water partition coefficient (Wildman–Crippen LogP) is 3.22. The number of carbonyl (C=O) groups is 1. The maximum absolute atomic E-state index is 12.8. The van der Waals surface area contributed by atoms with Crippen LogP contribution in [0.3, 0.4) is 0 Å². The van der Waals surface area contributed by atoms with Gasteiger partial charge in [0.2, 0.25) is 5.91 Å². The van der Waals surface area contributed by atoms with Crippen molar-refractivity contribution in [3.8, 4) is 5.75 Å². The van der Waals surface area contributed by atoms with E-state index in [-0.39, 0.29) is 22.3 Å². The molecule has 1 amide bonds. The first-order valence-corrected chi connectivity index (χ1v) is 12.8. The number of thiophene rings is 1. The number of phenols is 1. The summed E-state index contributed by atoms with van der Waals surface area (Å²) in [5.74, 6) is -0.469. The minimum Gasteiger partial charge on any atom is -0.507 e. The van der Waals surface area contributed by atoms with Crippen LogP contribution in [-0.2, 0) is 27.9 Å². The number of sulfonamides is 1. The molecule has 2 heterocycles. The molecule has 4 rings (SSSR count). The lowest BCUT2D eigenvalue weighted by Crippen LogP contribution is -2.30. The summed E-state index contributed by atoms with van der Waals surface area (Å²) < 4.78 is 30.2. The molecule has 0 atom stereocenters. The number of likely N-dealkylation sites (N-methyl/N-ethyl adjacent to an activating group) is 1. The van der Waals surface area contributed by atoms with Gasteiger partial charge in [-0.2, -0.15) is 5.10 Å². The molecule has 12 heteroatoms. The molecule has 2 aromatic carbocycles. The number of rotatable bonds is 9. The average Bonchev–Trinajstić information content (AvgIpc) is 3.33. The number of aromatic hydroxyl groups is 1. The molecule has 34 heavy (non-hydrogen) atoms. The van der Waals surface area contributed by atoms with Crippen molar-refractivity contribution < 1.29 is 18.3 Å². The molecule has 0 saturated heterocycles. The number of fused-ring (bicyclic) bond motifs is 1. The van der Waals surface area contributed by atoms with E-state index in [0.29, 0.717) is 28.3 Å². The summed E-state index contributed by atoms with van der Waals surface area (Å²) in [6, 6.07) is 15.6. The van der Waals surface area contributed by atoms with Crippen LogP contribution in [-0.4, -0.2) is 47.7 Å². The monoisotopic (exact) mass is 519 g/mol. The van der Waals surface area contributed by atoms with Gasteiger partial charge in [0.25, 0.3) is 10.0 Å². The van der Waals surface area contributed by atoms with Gasteiger partial charge in [-0.25, -0.2) is 8.42 Å². The third-order valence-electron chi connectivity index (χ3n) is 5.00. The number of primary amides is 1. The van der Waals surface area contributed by atoms with Gasteiger partial charge in [0, 0.05) is 6.54 Å². The van der Waals surface area contributed by atoms with E-state index in [2.05, 4.69) is 9.82 Å². The molecule has 4 N–H and O–H groups in total. The fourth-order valence-electron chi connectivity index (χ4n) is 3.66. The van der Waals surface area contributed by atoms with E-state index in [9.17, 15) is 18.3 Å². The van der Waals surface area contributed by atoms with Gasteiger partial charge in [0.1, 0.15) is 9.96 Å². The highest BCUT2D eigenvalue weighted by atomic mass is 35.5. The summed E-state index contributed by atoms with van der Waals surface area (Å²) in [6.45, 7) is 1.01. The number of nitrogens with zero attached hydrogens (tertiary/aromatic N) is 3. The van der Waals surface area contributed by atoms with Crippen molar-refractivity contribution in [2.75, 3.05) is 18.3 Å². The molecule has 0 unspecified atom stereocenters. The lowest BCUT2D eigenvalue weighted by Gasteiger charge is -2.15. The molecule has 0 bridgehead atoms. The Labute approximate surface area is 205 Å². The van der Waals surface area contributed by atoms with Gasteiger partial charge >= 0.3 is 0 Å². The number of anilines is 1. The van der Waals surface area contributed by atoms with Crippen molar-refractivity contribution in [3.63, 3.8) is 0 Å². The fourth-order valence-corrected chi connectivity index (χ4v) is 6.15. The number of amides is 1. The second kappa shape index (κ2) is 9.63. The Bertz CT molecular complexity index is 1470. The summed E-state index contributed by atoms with van der Waals surface area (Å²) in [7, 11) is -2.13. The topological polar surface area (TPSA) is 131 Å². The second-order valence-corrected chi connectivity index (χ2v) is 11.4. The first-order valence-electron chi connectivity index (χ1n) is 10.1. The standard InChI is InChI=1S/C22H22ClN5O4S2/c1-27(13-19(24)30)11-14-4-2-5-15(10-14)12-28-16-6-3-7-17(29)21(16)22(25-28)26-34(31,32)20-9-8-18(23)33-20/h2-10,29H,11-13H2,1H3,(H2,24,30)(H,25,26). The van der Waals surface area contributed by atoms with Gasteiger partial charge < -0.3 is 10.8 Å². The average molecular weight is 520 g/mol. The third kappa shape index (κ3) is 5.33. The number of hydrogen-bond acceptors (Lipinski definition) is 7. The second-order valence-electron chi connectivity index (χ2n) is 7.80. The Hall–Kier alpha value is -3.12. The summed E-state index contributed by atoms with van der Waals surface area (Å²) >= 11 is 6.82. The van der Waals surface area contributed by atoms with Gasteiger partial charge in [-0.15, -0.1) is 11.3 Å². The predicted molar refractivity (Wildman–Crippen MR) is 133 cm³/mol. The van der Waals surface area contributed by atoms with Crippen LogP contribution >= 0.6 is 22.9 Å². The van der Waals surface area contributed by atoms with Gasteiger partial charge in [-0.1, -0.05) is 41.9 Å². The van der Waals surface area contributed by atoms with Gasteiger partial charge in [-0.3, -0.25) is 19.1 Å². The van der Waals surface area contributed by atoms with Gasteiger partial charge in [0.05, 0.1) is 28.3 Å². The number of nitrogens with one attached hydrogen (secondary N) is 1. The molecule has 0 aliphatic heterocycles. The number of phenolic OH excluding ortho intramolecular Hbond substituents is 1. The Balaban J connectivity index is 1.65. The Kier molecular flexibility index (Phi) is 6.80. The van der Waals surface area contributed by atoms with Crippen LogP contribution < -0.4 is 10.5 Å². The molecule has 0 saturated carbocycles. The lowest BCUT2D eigenvalue weighted by molar-refractivity contribution is -0.118. The molecular weight excluding hydrogens is 498 g/mol. The highest BCUT2D eigenvalue weighted by Gasteiger charge is 2.22. The number of benzene rings is 2. The zero-order valence-corrected chi connectivity index (χ0v) is 20.5. The van der Waals surface area contributed by atoms with Crippen molar-refractivity contribution in [3.05, 3.63) is 70.1 Å². The number of hydrogen-bond donors (Lipinski definition) is 3. The molecule has 0 aliphatic carbocycles. The fraction of sp³-hybridized carbons (Fsp3) is 0.182. The molecule has 178 valence electrons. The van der Waals surface area contributed by atoms with E-state index < -0.39 is 15.9 Å². The lowest BCUT2D eigenvalue weighted by atomic mass is 10.1. The summed E-state index contributed by atoms with van der Waals surface area (Å²) in [4.78, 5) is 13.0. The van der Waals surface area contributed by atoms with Crippen molar-refractivity contribution in [1.29, 1.82) is 0 Å². The maximum atomic E-state index is 12.8. The molecule has 2 aromatic heterocycles. The third-order valence-corrected chi connectivity index (χ3v) is 8.06. The first kappa shape index (κ1) is 24.0. The number of halogens is 1. The van der Waals surface area contributed by atoms with Crippen molar-refractivity contribution in [1.82, 2.24) is 14.7 Å². The van der Waals surface area contributed by atoms with E-state index in [4.69, 9.17) is 17.3 Å². The van der Waals surface area contributed by atoms with Crippen molar-refractivity contribution in [2.24, 2.45) is 5.73 Å². The molecule has 9 nitrogen and oxygen atoms in total. The van der Waals surface area contributed by atoms with Crippen LogP contribution in [0.4, 0.5) is 5.82 Å². The van der Waals surface area contributed by atoms with E-state index in [1.807, 2.05) is 29.2 Å². The highest BCUT2D eigenvalue weighted by molar-refractivity contribution is 7.94. The summed E-state index contributed by atoms with van der Waals surface area (Å²) in [5.41, 5.74) is 7.73. The van der Waals surface area contributed by atoms with E-state index in [1.54, 1.807) is 23.9 Å². The minimum atomic E-state index is -3.94. The highest BCUT2D eigenvalue weighted by Crippen LogP contribution is 2.34. The molecule has 0 aliphatic rings. The van der Waals surface area contributed by atoms with Crippen LogP contribution in [0.1, 0.15) is 11.1 Å². The van der Waals surface area contributed by atoms with E-state index >= 15 is 0 Å². The van der Waals surface area contributed by atoms with E-state index in [0.717, 1.165) is 22.5 Å². The van der Waals surface area contributed by atoms with Crippen LogP contribution in [0.2, 0.25) is 4.34 Å². The smallest absolute Gasteiger partial charge is 0.272 e. The van der Waals surface area contributed by atoms with Crippen LogP contribution in [0.15, 0.2) is 58.8 Å². The normalized spacial score (nSPS) is 11.9. The van der Waals surface area contributed by atoms with Crippen LogP contribution in [0.5, 0.6) is 5.75 Å². The zero-order valence-electron chi connectivity index (χ0n) is 18.1. The Morgan fingerprint density at radius 2 is 1.94 bits per heavy atom. The Morgan fingerprint density at radius 3 is 2.65 bits per heavy atom. The molecule has 0 radical (unpaired) electrons. The molecule has 0 fully saturated rings. The molecular formula is C22H22ClN5O4S2. The van der Waals surface area contributed by atoms with Crippen LogP contribution in [0, 0.1) is 0 Å². The van der Waals surface area contributed by atoms with Crippen LogP contribution in [0.25, 0.3) is 10.9 Å². The first-order chi connectivity index (χ1) is 16.1. The largest absolute Gasteiger partial charge is 0.507 e. The summed E-state index contributed by atoms with van der Waals surface area (Å²) in [5, 5.41) is 15.2.